The van der Waals surface area contributed by atoms with Crippen molar-refractivity contribution in [3.8, 4) is 0 Å². The van der Waals surface area contributed by atoms with Crippen molar-refractivity contribution < 1.29 is 8.42 Å². The molecule has 0 fully saturated rings. The van der Waals surface area contributed by atoms with E-state index in [-0.39, 0.29) is 6.04 Å². The molecule has 5 nitrogen and oxygen atoms in total. The summed E-state index contributed by atoms with van der Waals surface area (Å²) >= 11 is 0. The molecular weight excluding hydrogens is 286 g/mol. The Hall–Kier alpha value is -0.850. The summed E-state index contributed by atoms with van der Waals surface area (Å²) in [6.07, 6.45) is 3.63. The second kappa shape index (κ2) is 7.96. The first-order chi connectivity index (χ1) is 9.83. The van der Waals surface area contributed by atoms with Crippen LogP contribution in [0.15, 0.2) is 17.2 Å². The van der Waals surface area contributed by atoms with E-state index in [4.69, 9.17) is 0 Å². The maximum atomic E-state index is 12.5. The highest BCUT2D eigenvalue weighted by atomic mass is 32.2. The topological polar surface area (TPSA) is 63.1 Å². The summed E-state index contributed by atoms with van der Waals surface area (Å²) < 4.78 is 29.7. The summed E-state index contributed by atoms with van der Waals surface area (Å²) in [6, 6.07) is 1.70. The first-order valence-electron chi connectivity index (χ1n) is 7.70. The van der Waals surface area contributed by atoms with E-state index < -0.39 is 10.0 Å². The first kappa shape index (κ1) is 18.2. The van der Waals surface area contributed by atoms with Crippen LogP contribution in [0.1, 0.15) is 46.2 Å². The largest absolute Gasteiger partial charge is 0.349 e. The standard InChI is InChI=1S/C15H29N3O2S/c1-6-12(3)8-13(4)17-21(19,20)15-9-14(10-16-5)18(7-2)11-15/h9,11-13,16-17H,6-8,10H2,1-5H3. The minimum absolute atomic E-state index is 0.0531. The minimum atomic E-state index is -3.44. The maximum absolute atomic E-state index is 12.5. The van der Waals surface area contributed by atoms with E-state index >= 15 is 0 Å². The van der Waals surface area contributed by atoms with Gasteiger partial charge in [0.2, 0.25) is 10.0 Å². The quantitative estimate of drug-likeness (QED) is 0.735. The average Bonchev–Trinajstić information content (AvgIpc) is 2.82. The lowest BCUT2D eigenvalue weighted by Crippen LogP contribution is -2.33. The molecule has 0 aliphatic rings. The maximum Gasteiger partial charge on any atom is 0.242 e. The summed E-state index contributed by atoms with van der Waals surface area (Å²) in [5.41, 5.74) is 0.981. The third-order valence-electron chi connectivity index (χ3n) is 3.78. The van der Waals surface area contributed by atoms with E-state index in [0.29, 0.717) is 17.4 Å². The van der Waals surface area contributed by atoms with Crippen LogP contribution in [-0.4, -0.2) is 26.1 Å². The zero-order valence-electron chi connectivity index (χ0n) is 13.8. The van der Waals surface area contributed by atoms with Crippen LogP contribution in [-0.2, 0) is 23.1 Å². The Morgan fingerprint density at radius 2 is 1.95 bits per heavy atom. The number of hydrogen-bond donors (Lipinski definition) is 2. The Labute approximate surface area is 129 Å². The number of nitrogens with zero attached hydrogens (tertiary/aromatic N) is 1. The molecule has 1 aromatic heterocycles. The number of aromatic nitrogens is 1. The second-order valence-electron chi connectivity index (χ2n) is 5.75. The molecule has 0 radical (unpaired) electrons. The Kier molecular flexibility index (Phi) is 6.90. The number of hydrogen-bond acceptors (Lipinski definition) is 3. The van der Waals surface area contributed by atoms with Gasteiger partial charge in [-0.3, -0.25) is 0 Å². The van der Waals surface area contributed by atoms with E-state index in [2.05, 4.69) is 23.9 Å². The van der Waals surface area contributed by atoms with Gasteiger partial charge in [0, 0.05) is 31.0 Å². The molecule has 1 heterocycles. The Morgan fingerprint density at radius 1 is 1.29 bits per heavy atom. The molecule has 6 heteroatoms. The molecule has 0 aromatic carbocycles. The highest BCUT2D eigenvalue weighted by Gasteiger charge is 2.21. The number of rotatable bonds is 9. The van der Waals surface area contributed by atoms with Crippen LogP contribution >= 0.6 is 0 Å². The normalized spacial score (nSPS) is 15.1. The van der Waals surface area contributed by atoms with Gasteiger partial charge in [-0.1, -0.05) is 20.3 Å². The van der Waals surface area contributed by atoms with E-state index in [9.17, 15) is 8.42 Å². The van der Waals surface area contributed by atoms with Gasteiger partial charge in [-0.2, -0.15) is 0 Å². The van der Waals surface area contributed by atoms with Crippen LogP contribution in [0.4, 0.5) is 0 Å². The molecule has 2 atom stereocenters. The average molecular weight is 315 g/mol. The van der Waals surface area contributed by atoms with Crippen molar-refractivity contribution in [1.82, 2.24) is 14.6 Å². The summed E-state index contributed by atoms with van der Waals surface area (Å²) in [5.74, 6) is 0.516. The van der Waals surface area contributed by atoms with Crippen molar-refractivity contribution in [2.75, 3.05) is 7.05 Å². The fraction of sp³-hybridized carbons (Fsp3) is 0.733. The van der Waals surface area contributed by atoms with Gasteiger partial charge in [-0.15, -0.1) is 0 Å². The molecule has 21 heavy (non-hydrogen) atoms. The predicted octanol–water partition coefficient (Wildman–Crippen LogP) is 2.33. The van der Waals surface area contributed by atoms with Gasteiger partial charge in [0.15, 0.2) is 0 Å². The van der Waals surface area contributed by atoms with Crippen LogP contribution in [0.25, 0.3) is 0 Å². The van der Waals surface area contributed by atoms with Gasteiger partial charge < -0.3 is 9.88 Å². The predicted molar refractivity (Wildman–Crippen MR) is 86.7 cm³/mol. The molecule has 0 saturated heterocycles. The van der Waals surface area contributed by atoms with Crippen LogP contribution in [0, 0.1) is 5.92 Å². The van der Waals surface area contributed by atoms with Gasteiger partial charge in [0.25, 0.3) is 0 Å². The van der Waals surface area contributed by atoms with Gasteiger partial charge in [-0.25, -0.2) is 13.1 Å². The Balaban J connectivity index is 2.87. The fourth-order valence-corrected chi connectivity index (χ4v) is 3.77. The number of sulfonamides is 1. The lowest BCUT2D eigenvalue weighted by Gasteiger charge is -2.17. The SMILES string of the molecule is CCC(C)CC(C)NS(=O)(=O)c1cc(CNC)n(CC)c1. The first-order valence-corrected chi connectivity index (χ1v) is 9.18. The molecule has 2 N–H and O–H groups in total. The van der Waals surface area contributed by atoms with Gasteiger partial charge in [0.1, 0.15) is 0 Å². The zero-order valence-corrected chi connectivity index (χ0v) is 14.6. The third kappa shape index (κ3) is 5.13. The van der Waals surface area contributed by atoms with Crippen LogP contribution in [0.5, 0.6) is 0 Å². The smallest absolute Gasteiger partial charge is 0.242 e. The van der Waals surface area contributed by atoms with E-state index in [1.807, 2.05) is 25.5 Å². The lowest BCUT2D eigenvalue weighted by atomic mass is 10.0. The lowest BCUT2D eigenvalue weighted by molar-refractivity contribution is 0.445. The highest BCUT2D eigenvalue weighted by molar-refractivity contribution is 7.89. The van der Waals surface area contributed by atoms with Crippen molar-refractivity contribution >= 4 is 10.0 Å². The molecule has 1 rings (SSSR count). The highest BCUT2D eigenvalue weighted by Crippen LogP contribution is 2.17. The summed E-state index contributed by atoms with van der Waals surface area (Å²) in [7, 11) is -1.59. The molecule has 0 amide bonds. The van der Waals surface area contributed by atoms with Crippen LogP contribution < -0.4 is 10.0 Å². The Bertz CT molecular complexity index is 537. The monoisotopic (exact) mass is 315 g/mol. The molecule has 0 saturated carbocycles. The Morgan fingerprint density at radius 3 is 2.48 bits per heavy atom. The zero-order chi connectivity index (χ0) is 16.0. The number of aryl methyl sites for hydroxylation is 1. The molecule has 1 aromatic rings. The molecule has 122 valence electrons. The van der Waals surface area contributed by atoms with Gasteiger partial charge in [0.05, 0.1) is 4.90 Å². The van der Waals surface area contributed by atoms with Crippen molar-refractivity contribution in [3.05, 3.63) is 18.0 Å². The summed E-state index contributed by atoms with van der Waals surface area (Å²) in [4.78, 5) is 0.352. The second-order valence-corrected chi connectivity index (χ2v) is 7.47. The van der Waals surface area contributed by atoms with Gasteiger partial charge >= 0.3 is 0 Å². The summed E-state index contributed by atoms with van der Waals surface area (Å²) in [5, 5.41) is 3.06. The van der Waals surface area contributed by atoms with Crippen molar-refractivity contribution in [2.24, 2.45) is 5.92 Å². The van der Waals surface area contributed by atoms with E-state index in [1.165, 1.54) is 0 Å². The van der Waals surface area contributed by atoms with Crippen molar-refractivity contribution in [3.63, 3.8) is 0 Å². The number of nitrogens with one attached hydrogen (secondary N) is 2. The van der Waals surface area contributed by atoms with Crippen molar-refractivity contribution in [1.29, 1.82) is 0 Å². The molecule has 0 bridgehead atoms. The molecule has 0 aliphatic heterocycles. The minimum Gasteiger partial charge on any atom is -0.349 e. The third-order valence-corrected chi connectivity index (χ3v) is 5.34. The van der Waals surface area contributed by atoms with Gasteiger partial charge in [-0.05, 0) is 39.3 Å². The van der Waals surface area contributed by atoms with Crippen molar-refractivity contribution in [2.45, 2.75) is 64.6 Å². The fourth-order valence-electron chi connectivity index (χ4n) is 2.45. The van der Waals surface area contributed by atoms with Crippen LogP contribution in [0.3, 0.4) is 0 Å². The summed E-state index contributed by atoms with van der Waals surface area (Å²) in [6.45, 7) is 9.62. The molecule has 0 spiro atoms. The molecule has 0 aliphatic carbocycles. The van der Waals surface area contributed by atoms with E-state index in [1.54, 1.807) is 12.3 Å². The van der Waals surface area contributed by atoms with Crippen LogP contribution in [0.2, 0.25) is 0 Å². The van der Waals surface area contributed by atoms with E-state index in [0.717, 1.165) is 25.1 Å². The molecular formula is C15H29N3O2S. The molecule has 2 unspecified atom stereocenters.